The van der Waals surface area contributed by atoms with Crippen LogP contribution >= 0.6 is 11.6 Å². The van der Waals surface area contributed by atoms with Gasteiger partial charge in [-0.15, -0.1) is 0 Å². The summed E-state index contributed by atoms with van der Waals surface area (Å²) in [5, 5.41) is 9.90. The first-order valence-corrected chi connectivity index (χ1v) is 7.01. The Kier molecular flexibility index (Phi) is 3.77. The number of benzene rings is 2. The van der Waals surface area contributed by atoms with Gasteiger partial charge < -0.3 is 14.6 Å². The van der Waals surface area contributed by atoms with Crippen molar-refractivity contribution in [2.24, 2.45) is 0 Å². The maximum atomic E-state index is 12.5. The number of rotatable bonds is 2. The van der Waals surface area contributed by atoms with E-state index < -0.39 is 0 Å². The Labute approximate surface area is 132 Å². The molecule has 0 aliphatic carbocycles. The molecule has 2 aromatic carbocycles. The van der Waals surface area contributed by atoms with Crippen LogP contribution < -0.4 is 9.47 Å². The van der Waals surface area contributed by atoms with Gasteiger partial charge in [-0.05, 0) is 35.9 Å². The van der Waals surface area contributed by atoms with E-state index in [1.807, 2.05) is 6.07 Å². The van der Waals surface area contributed by atoms with Crippen molar-refractivity contribution in [2.45, 2.75) is 0 Å². The van der Waals surface area contributed by atoms with Crippen LogP contribution in [0.1, 0.15) is 15.9 Å². The molecular formula is C17H13ClO4. The van der Waals surface area contributed by atoms with E-state index in [2.05, 4.69) is 0 Å². The fourth-order valence-electron chi connectivity index (χ4n) is 2.32. The predicted molar refractivity (Wildman–Crippen MR) is 83.9 cm³/mol. The summed E-state index contributed by atoms with van der Waals surface area (Å²) in [5.74, 6) is 0.641. The summed E-state index contributed by atoms with van der Waals surface area (Å²) in [7, 11) is 1.44. The molecule has 0 unspecified atom stereocenters. The lowest BCUT2D eigenvalue weighted by atomic mass is 9.98. The van der Waals surface area contributed by atoms with Crippen molar-refractivity contribution in [3.05, 3.63) is 58.1 Å². The number of para-hydroxylation sites is 1. The Balaban J connectivity index is 2.00. The molecule has 1 heterocycles. The fraction of sp³-hybridized carbons (Fsp3) is 0.118. The molecular weight excluding hydrogens is 304 g/mol. The zero-order chi connectivity index (χ0) is 15.7. The van der Waals surface area contributed by atoms with E-state index in [0.29, 0.717) is 22.4 Å². The molecule has 1 aliphatic rings. The van der Waals surface area contributed by atoms with Crippen molar-refractivity contribution in [3.8, 4) is 17.2 Å². The van der Waals surface area contributed by atoms with Gasteiger partial charge in [-0.2, -0.15) is 0 Å². The number of ether oxygens (including phenoxy) is 2. The molecule has 0 spiro atoms. The highest BCUT2D eigenvalue weighted by atomic mass is 35.5. The van der Waals surface area contributed by atoms with Crippen molar-refractivity contribution in [1.29, 1.82) is 0 Å². The van der Waals surface area contributed by atoms with Crippen LogP contribution in [0.4, 0.5) is 0 Å². The van der Waals surface area contributed by atoms with Crippen molar-refractivity contribution >= 4 is 23.5 Å². The van der Waals surface area contributed by atoms with Gasteiger partial charge in [0.05, 0.1) is 17.7 Å². The first-order valence-electron chi connectivity index (χ1n) is 6.63. The molecule has 0 fully saturated rings. The molecule has 0 amide bonds. The van der Waals surface area contributed by atoms with Gasteiger partial charge in [0.15, 0.2) is 17.3 Å². The molecule has 1 aliphatic heterocycles. The van der Waals surface area contributed by atoms with E-state index >= 15 is 0 Å². The van der Waals surface area contributed by atoms with Gasteiger partial charge in [0, 0.05) is 5.57 Å². The van der Waals surface area contributed by atoms with Crippen LogP contribution in [0.15, 0.2) is 42.0 Å². The second kappa shape index (κ2) is 5.73. The molecule has 0 saturated heterocycles. The summed E-state index contributed by atoms with van der Waals surface area (Å²) >= 11 is 5.96. The lowest BCUT2D eigenvalue weighted by Crippen LogP contribution is -2.18. The lowest BCUT2D eigenvalue weighted by molar-refractivity contribution is 0.100. The van der Waals surface area contributed by atoms with Crippen LogP contribution in [0.25, 0.3) is 6.08 Å². The number of methoxy groups -OCH3 is 1. The molecule has 1 N–H and O–H groups in total. The quantitative estimate of drug-likeness (QED) is 0.858. The summed E-state index contributed by atoms with van der Waals surface area (Å²) in [5.41, 5.74) is 1.71. The number of hydrogen-bond donors (Lipinski definition) is 1. The first kappa shape index (κ1) is 14.5. The molecule has 22 heavy (non-hydrogen) atoms. The van der Waals surface area contributed by atoms with E-state index in [4.69, 9.17) is 21.1 Å². The minimum Gasteiger partial charge on any atom is -0.503 e. The molecule has 112 valence electrons. The summed E-state index contributed by atoms with van der Waals surface area (Å²) < 4.78 is 10.6. The molecule has 0 saturated carbocycles. The number of ketones is 1. The van der Waals surface area contributed by atoms with Gasteiger partial charge in [-0.3, -0.25) is 4.79 Å². The van der Waals surface area contributed by atoms with Crippen LogP contribution in [0.3, 0.4) is 0 Å². The maximum absolute atomic E-state index is 12.5. The molecule has 0 radical (unpaired) electrons. The monoisotopic (exact) mass is 316 g/mol. The zero-order valence-corrected chi connectivity index (χ0v) is 12.6. The zero-order valence-electron chi connectivity index (χ0n) is 11.8. The Bertz CT molecular complexity index is 780. The van der Waals surface area contributed by atoms with E-state index in [0.717, 1.165) is 0 Å². The SMILES string of the molecule is COc1cc(/C=C2\COc3ccccc3C2=O)cc(Cl)c1O. The van der Waals surface area contributed by atoms with Gasteiger partial charge in [0.25, 0.3) is 0 Å². The average molecular weight is 317 g/mol. The first-order chi connectivity index (χ1) is 10.6. The molecule has 5 heteroatoms. The predicted octanol–water partition coefficient (Wildman–Crippen LogP) is 3.71. The third-order valence-electron chi connectivity index (χ3n) is 3.42. The number of halogens is 1. The van der Waals surface area contributed by atoms with E-state index in [9.17, 15) is 9.90 Å². The summed E-state index contributed by atoms with van der Waals surface area (Å²) in [6.45, 7) is 0.191. The van der Waals surface area contributed by atoms with Crippen LogP contribution in [-0.4, -0.2) is 24.6 Å². The van der Waals surface area contributed by atoms with E-state index in [1.54, 1.807) is 36.4 Å². The minimum absolute atomic E-state index is 0.0787. The van der Waals surface area contributed by atoms with Crippen molar-refractivity contribution < 1.29 is 19.4 Å². The maximum Gasteiger partial charge on any atom is 0.196 e. The second-order valence-electron chi connectivity index (χ2n) is 4.84. The molecule has 4 nitrogen and oxygen atoms in total. The van der Waals surface area contributed by atoms with Crippen LogP contribution in [0, 0.1) is 0 Å². The van der Waals surface area contributed by atoms with Gasteiger partial charge in [0.1, 0.15) is 12.4 Å². The molecule has 0 aromatic heterocycles. The molecule has 0 bridgehead atoms. The smallest absolute Gasteiger partial charge is 0.196 e. The average Bonchev–Trinajstić information content (AvgIpc) is 2.53. The summed E-state index contributed by atoms with van der Waals surface area (Å²) in [4.78, 5) is 12.5. The van der Waals surface area contributed by atoms with E-state index in [1.165, 1.54) is 7.11 Å². The largest absolute Gasteiger partial charge is 0.503 e. The Hall–Kier alpha value is -2.46. The highest BCUT2D eigenvalue weighted by Crippen LogP contribution is 2.36. The Morgan fingerprint density at radius 1 is 1.32 bits per heavy atom. The summed E-state index contributed by atoms with van der Waals surface area (Å²) in [6, 6.07) is 10.3. The number of Topliss-reactive ketones (excluding diaryl/α,β-unsaturated/α-hetero) is 1. The number of phenols is 1. The van der Waals surface area contributed by atoms with Gasteiger partial charge in [-0.1, -0.05) is 23.7 Å². The molecule has 0 atom stereocenters. The van der Waals surface area contributed by atoms with Crippen LogP contribution in [0.5, 0.6) is 17.2 Å². The topological polar surface area (TPSA) is 55.8 Å². The Morgan fingerprint density at radius 3 is 2.86 bits per heavy atom. The third-order valence-corrected chi connectivity index (χ3v) is 3.71. The minimum atomic E-state index is -0.122. The van der Waals surface area contributed by atoms with Gasteiger partial charge in [-0.25, -0.2) is 0 Å². The number of phenolic OH excluding ortho intramolecular Hbond substituents is 1. The van der Waals surface area contributed by atoms with Crippen LogP contribution in [-0.2, 0) is 0 Å². The third kappa shape index (κ3) is 2.53. The molecule has 3 rings (SSSR count). The number of fused-ring (bicyclic) bond motifs is 1. The number of carbonyl (C=O) groups is 1. The van der Waals surface area contributed by atoms with E-state index in [-0.39, 0.29) is 28.9 Å². The van der Waals surface area contributed by atoms with Gasteiger partial charge >= 0.3 is 0 Å². The molecule has 2 aromatic rings. The van der Waals surface area contributed by atoms with Crippen LogP contribution in [0.2, 0.25) is 5.02 Å². The van der Waals surface area contributed by atoms with Crippen molar-refractivity contribution in [1.82, 2.24) is 0 Å². The number of carbonyl (C=O) groups excluding carboxylic acids is 1. The summed E-state index contributed by atoms with van der Waals surface area (Å²) in [6.07, 6.45) is 1.69. The Morgan fingerprint density at radius 2 is 2.09 bits per heavy atom. The highest BCUT2D eigenvalue weighted by Gasteiger charge is 2.22. The van der Waals surface area contributed by atoms with Gasteiger partial charge in [0.2, 0.25) is 0 Å². The normalized spacial score (nSPS) is 15.4. The number of aromatic hydroxyl groups is 1. The highest BCUT2D eigenvalue weighted by molar-refractivity contribution is 6.32. The number of hydrogen-bond acceptors (Lipinski definition) is 4. The van der Waals surface area contributed by atoms with Crippen molar-refractivity contribution in [3.63, 3.8) is 0 Å². The fourth-order valence-corrected chi connectivity index (χ4v) is 2.53. The second-order valence-corrected chi connectivity index (χ2v) is 5.24. The van der Waals surface area contributed by atoms with Crippen molar-refractivity contribution in [2.75, 3.05) is 13.7 Å². The lowest BCUT2D eigenvalue weighted by Gasteiger charge is -2.18. The standard InChI is InChI=1S/C17H13ClO4/c1-21-15-8-10(7-13(18)17(15)20)6-11-9-22-14-5-3-2-4-12(14)16(11)19/h2-8,20H,9H2,1H3/b11-6+.